The minimum atomic E-state index is 0.130. The highest BCUT2D eigenvalue weighted by atomic mass is 16.3. The molecule has 2 rings (SSSR count). The van der Waals surface area contributed by atoms with Crippen LogP contribution in [0.5, 0.6) is 0 Å². The molecule has 0 N–H and O–H groups in total. The first-order valence-corrected chi connectivity index (χ1v) is 6.11. The van der Waals surface area contributed by atoms with Gasteiger partial charge in [-0.3, -0.25) is 4.79 Å². The lowest BCUT2D eigenvalue weighted by Gasteiger charge is -2.08. The fourth-order valence-electron chi connectivity index (χ4n) is 2.03. The highest BCUT2D eigenvalue weighted by molar-refractivity contribution is 5.83. The van der Waals surface area contributed by atoms with Crippen LogP contribution in [0.3, 0.4) is 0 Å². The molecule has 0 spiro atoms. The third-order valence-corrected chi connectivity index (χ3v) is 3.10. The number of hydrogen-bond acceptors (Lipinski definition) is 3. The summed E-state index contributed by atoms with van der Waals surface area (Å²) in [6.45, 7) is 4.08. The number of hydrogen-bond donors (Lipinski definition) is 0. The zero-order valence-corrected chi connectivity index (χ0v) is 10.3. The van der Waals surface area contributed by atoms with Gasteiger partial charge in [0.15, 0.2) is 5.58 Å². The SMILES string of the molecule is CCC(CC)C(=O)Cc1nc2ccccc2o1. The molecule has 1 aromatic carbocycles. The monoisotopic (exact) mass is 231 g/mol. The lowest BCUT2D eigenvalue weighted by Crippen LogP contribution is -2.15. The largest absolute Gasteiger partial charge is 0.440 e. The maximum absolute atomic E-state index is 12.0. The molecule has 0 aliphatic carbocycles. The first-order valence-electron chi connectivity index (χ1n) is 6.11. The number of carbonyl (C=O) groups excluding carboxylic acids is 1. The summed E-state index contributed by atoms with van der Waals surface area (Å²) in [6, 6.07) is 7.58. The van der Waals surface area contributed by atoms with Gasteiger partial charge in [0.2, 0.25) is 5.89 Å². The van der Waals surface area contributed by atoms with Crippen molar-refractivity contribution in [2.45, 2.75) is 33.1 Å². The highest BCUT2D eigenvalue weighted by Gasteiger charge is 2.17. The number of para-hydroxylation sites is 2. The molecule has 0 fully saturated rings. The Morgan fingerprint density at radius 1 is 1.29 bits per heavy atom. The number of ketones is 1. The van der Waals surface area contributed by atoms with E-state index in [1.807, 2.05) is 38.1 Å². The van der Waals surface area contributed by atoms with Crippen molar-refractivity contribution in [3.05, 3.63) is 30.2 Å². The minimum Gasteiger partial charge on any atom is -0.440 e. The van der Waals surface area contributed by atoms with Crippen LogP contribution in [0.15, 0.2) is 28.7 Å². The molecule has 0 radical (unpaired) electrons. The van der Waals surface area contributed by atoms with Crippen molar-refractivity contribution in [3.63, 3.8) is 0 Å². The van der Waals surface area contributed by atoms with Crippen LogP contribution in [0.1, 0.15) is 32.6 Å². The third kappa shape index (κ3) is 2.54. The molecule has 0 aliphatic heterocycles. The van der Waals surface area contributed by atoms with Crippen LogP contribution in [-0.4, -0.2) is 10.8 Å². The zero-order chi connectivity index (χ0) is 12.3. The normalized spacial score (nSPS) is 11.2. The molecule has 1 aromatic heterocycles. The second kappa shape index (κ2) is 5.13. The van der Waals surface area contributed by atoms with Gasteiger partial charge in [-0.1, -0.05) is 26.0 Å². The van der Waals surface area contributed by atoms with Crippen LogP contribution >= 0.6 is 0 Å². The topological polar surface area (TPSA) is 43.1 Å². The number of carbonyl (C=O) groups is 1. The van der Waals surface area contributed by atoms with E-state index in [1.54, 1.807) is 0 Å². The van der Waals surface area contributed by atoms with E-state index in [-0.39, 0.29) is 11.7 Å². The van der Waals surface area contributed by atoms with Crippen LogP contribution in [0, 0.1) is 5.92 Å². The predicted octanol–water partition coefficient (Wildman–Crippen LogP) is 3.38. The molecule has 0 saturated heterocycles. The second-order valence-electron chi connectivity index (χ2n) is 4.23. The Morgan fingerprint density at radius 2 is 2.00 bits per heavy atom. The molecule has 0 amide bonds. The van der Waals surface area contributed by atoms with Crippen LogP contribution in [0.4, 0.5) is 0 Å². The number of oxazole rings is 1. The van der Waals surface area contributed by atoms with Crippen molar-refractivity contribution < 1.29 is 9.21 Å². The smallest absolute Gasteiger partial charge is 0.202 e. The van der Waals surface area contributed by atoms with E-state index < -0.39 is 0 Å². The first kappa shape index (κ1) is 11.8. The lowest BCUT2D eigenvalue weighted by molar-refractivity contribution is -0.122. The van der Waals surface area contributed by atoms with Crippen molar-refractivity contribution >= 4 is 16.9 Å². The molecular weight excluding hydrogens is 214 g/mol. The van der Waals surface area contributed by atoms with Gasteiger partial charge in [-0.15, -0.1) is 0 Å². The van der Waals surface area contributed by atoms with Gasteiger partial charge in [0.1, 0.15) is 11.3 Å². The van der Waals surface area contributed by atoms with Crippen LogP contribution in [-0.2, 0) is 11.2 Å². The molecule has 3 heteroatoms. The predicted molar refractivity (Wildman–Crippen MR) is 66.8 cm³/mol. The Hall–Kier alpha value is -1.64. The van der Waals surface area contributed by atoms with Crippen molar-refractivity contribution in [1.82, 2.24) is 4.98 Å². The van der Waals surface area contributed by atoms with Crippen molar-refractivity contribution in [1.29, 1.82) is 0 Å². The molecule has 0 saturated carbocycles. The van der Waals surface area contributed by atoms with E-state index >= 15 is 0 Å². The molecular formula is C14H17NO2. The number of rotatable bonds is 5. The van der Waals surface area contributed by atoms with E-state index in [0.717, 1.165) is 23.9 Å². The summed E-state index contributed by atoms with van der Waals surface area (Å²) in [5, 5.41) is 0. The molecule has 0 aliphatic rings. The summed E-state index contributed by atoms with van der Waals surface area (Å²) < 4.78 is 5.55. The van der Waals surface area contributed by atoms with Gasteiger partial charge in [0.25, 0.3) is 0 Å². The van der Waals surface area contributed by atoms with Crippen LogP contribution in [0.25, 0.3) is 11.1 Å². The average molecular weight is 231 g/mol. The number of fused-ring (bicyclic) bond motifs is 1. The van der Waals surface area contributed by atoms with E-state index in [0.29, 0.717) is 12.3 Å². The lowest BCUT2D eigenvalue weighted by atomic mass is 9.96. The Labute approximate surface area is 101 Å². The Bertz CT molecular complexity index is 479. The van der Waals surface area contributed by atoms with Gasteiger partial charge >= 0.3 is 0 Å². The van der Waals surface area contributed by atoms with Gasteiger partial charge in [-0.05, 0) is 25.0 Å². The van der Waals surface area contributed by atoms with Crippen molar-refractivity contribution in [3.8, 4) is 0 Å². The fourth-order valence-corrected chi connectivity index (χ4v) is 2.03. The first-order chi connectivity index (χ1) is 8.24. The van der Waals surface area contributed by atoms with Crippen LogP contribution in [0.2, 0.25) is 0 Å². The molecule has 0 unspecified atom stereocenters. The molecule has 3 nitrogen and oxygen atoms in total. The second-order valence-corrected chi connectivity index (χ2v) is 4.23. The summed E-state index contributed by atoms with van der Waals surface area (Å²) in [5.74, 6) is 0.884. The Kier molecular flexibility index (Phi) is 3.57. The Balaban J connectivity index is 2.15. The summed E-state index contributed by atoms with van der Waals surface area (Å²) in [4.78, 5) is 16.3. The maximum Gasteiger partial charge on any atom is 0.202 e. The zero-order valence-electron chi connectivity index (χ0n) is 10.3. The molecule has 0 bridgehead atoms. The van der Waals surface area contributed by atoms with Crippen LogP contribution < -0.4 is 0 Å². The fraction of sp³-hybridized carbons (Fsp3) is 0.429. The summed E-state index contributed by atoms with van der Waals surface area (Å²) in [7, 11) is 0. The van der Waals surface area contributed by atoms with E-state index in [4.69, 9.17) is 4.42 Å². The quantitative estimate of drug-likeness (QED) is 0.792. The van der Waals surface area contributed by atoms with Gasteiger partial charge in [-0.25, -0.2) is 4.98 Å². The van der Waals surface area contributed by atoms with Gasteiger partial charge < -0.3 is 4.42 Å². The summed E-state index contributed by atoms with van der Waals surface area (Å²) >= 11 is 0. The van der Waals surface area contributed by atoms with E-state index in [9.17, 15) is 4.79 Å². The van der Waals surface area contributed by atoms with E-state index in [1.165, 1.54) is 0 Å². The summed E-state index contributed by atoms with van der Waals surface area (Å²) in [6.07, 6.45) is 2.08. The standard InChI is InChI=1S/C14H17NO2/c1-3-10(4-2)12(16)9-14-15-11-7-5-6-8-13(11)17-14/h5-8,10H,3-4,9H2,1-2H3. The highest BCUT2D eigenvalue weighted by Crippen LogP contribution is 2.17. The maximum atomic E-state index is 12.0. The molecule has 17 heavy (non-hydrogen) atoms. The third-order valence-electron chi connectivity index (χ3n) is 3.10. The number of nitrogens with zero attached hydrogens (tertiary/aromatic N) is 1. The molecule has 1 heterocycles. The molecule has 0 atom stereocenters. The van der Waals surface area contributed by atoms with Crippen molar-refractivity contribution in [2.75, 3.05) is 0 Å². The van der Waals surface area contributed by atoms with Gasteiger partial charge in [-0.2, -0.15) is 0 Å². The Morgan fingerprint density at radius 3 is 2.65 bits per heavy atom. The number of Topliss-reactive ketones (excluding diaryl/α,β-unsaturated/α-hetero) is 1. The molecule has 90 valence electrons. The van der Waals surface area contributed by atoms with Gasteiger partial charge in [0, 0.05) is 5.92 Å². The number of aromatic nitrogens is 1. The minimum absolute atomic E-state index is 0.130. The average Bonchev–Trinajstić information content (AvgIpc) is 2.72. The molecule has 2 aromatic rings. The number of benzene rings is 1. The van der Waals surface area contributed by atoms with Crippen molar-refractivity contribution in [2.24, 2.45) is 5.92 Å². The summed E-state index contributed by atoms with van der Waals surface area (Å²) in [5.41, 5.74) is 1.57. The van der Waals surface area contributed by atoms with Gasteiger partial charge in [0.05, 0.1) is 6.42 Å². The van der Waals surface area contributed by atoms with E-state index in [2.05, 4.69) is 4.98 Å².